The number of benzene rings is 1. The van der Waals surface area contributed by atoms with Crippen LogP contribution in [0.4, 0.5) is 0 Å². The van der Waals surface area contributed by atoms with E-state index in [4.69, 9.17) is 0 Å². The summed E-state index contributed by atoms with van der Waals surface area (Å²) in [6.45, 7) is 0. The van der Waals surface area contributed by atoms with Crippen molar-refractivity contribution in [3.05, 3.63) is 33.4 Å². The summed E-state index contributed by atoms with van der Waals surface area (Å²) in [5.41, 5.74) is 0.0691. The van der Waals surface area contributed by atoms with Gasteiger partial charge in [0.2, 0.25) is 0 Å². The zero-order valence-electron chi connectivity index (χ0n) is 11.0. The average molecular weight is 368 g/mol. The number of rotatable bonds is 2. The Labute approximate surface area is 127 Å². The Morgan fingerprint density at radius 2 is 1.95 bits per heavy atom. The third kappa shape index (κ3) is 2.76. The second-order valence-electron chi connectivity index (χ2n) is 5.05. The van der Waals surface area contributed by atoms with Gasteiger partial charge in [-0.2, -0.15) is 5.26 Å². The molecule has 0 radical (unpaired) electrons. The van der Waals surface area contributed by atoms with E-state index in [1.807, 2.05) is 24.3 Å². The molecule has 0 spiro atoms. The van der Waals surface area contributed by atoms with Gasteiger partial charge < -0.3 is 4.90 Å². The van der Waals surface area contributed by atoms with Crippen LogP contribution in [-0.2, 0) is 0 Å². The molecule has 1 amide bonds. The van der Waals surface area contributed by atoms with Gasteiger partial charge in [0, 0.05) is 10.6 Å². The molecule has 4 heteroatoms. The molecule has 0 saturated heterocycles. The first-order valence-corrected chi connectivity index (χ1v) is 7.62. The Hall–Kier alpha value is -1.09. The van der Waals surface area contributed by atoms with E-state index in [9.17, 15) is 10.1 Å². The summed E-state index contributed by atoms with van der Waals surface area (Å²) in [4.78, 5) is 14.3. The molecule has 100 valence electrons. The van der Waals surface area contributed by atoms with Crippen LogP contribution in [0.2, 0.25) is 0 Å². The Kier molecular flexibility index (Phi) is 4.46. The molecule has 1 aliphatic rings. The molecule has 3 nitrogen and oxygen atoms in total. The predicted molar refractivity (Wildman–Crippen MR) is 82.7 cm³/mol. The summed E-state index contributed by atoms with van der Waals surface area (Å²) in [6, 6.07) is 9.92. The predicted octanol–water partition coefficient (Wildman–Crippen LogP) is 3.59. The third-order valence-corrected chi connectivity index (χ3v) is 4.88. The molecule has 1 saturated carbocycles. The largest absolute Gasteiger partial charge is 0.323 e. The van der Waals surface area contributed by atoms with Crippen LogP contribution in [0.5, 0.6) is 0 Å². The maximum atomic E-state index is 12.6. The first-order chi connectivity index (χ1) is 9.10. The van der Waals surface area contributed by atoms with Crippen molar-refractivity contribution in [1.29, 1.82) is 5.26 Å². The Morgan fingerprint density at radius 3 is 2.53 bits per heavy atom. The van der Waals surface area contributed by atoms with Crippen molar-refractivity contribution < 1.29 is 4.79 Å². The lowest BCUT2D eigenvalue weighted by atomic mass is 9.81. The van der Waals surface area contributed by atoms with E-state index in [2.05, 4.69) is 28.7 Å². The van der Waals surface area contributed by atoms with Crippen molar-refractivity contribution in [2.45, 2.75) is 37.6 Å². The summed E-state index contributed by atoms with van der Waals surface area (Å²) in [7, 11) is 1.76. The molecule has 19 heavy (non-hydrogen) atoms. The van der Waals surface area contributed by atoms with Crippen LogP contribution < -0.4 is 0 Å². The Morgan fingerprint density at radius 1 is 1.32 bits per heavy atom. The summed E-state index contributed by atoms with van der Waals surface area (Å²) >= 11 is 2.17. The van der Waals surface area contributed by atoms with Gasteiger partial charge in [-0.3, -0.25) is 4.79 Å². The summed E-state index contributed by atoms with van der Waals surface area (Å²) in [5.74, 6) is -0.0477. The normalized spacial score (nSPS) is 17.5. The van der Waals surface area contributed by atoms with Crippen LogP contribution >= 0.6 is 22.6 Å². The minimum absolute atomic E-state index is 0.0477. The van der Waals surface area contributed by atoms with Crippen molar-refractivity contribution in [2.75, 3.05) is 7.05 Å². The molecular weight excluding hydrogens is 351 g/mol. The molecule has 0 bridgehead atoms. The first-order valence-electron chi connectivity index (χ1n) is 6.55. The fraction of sp³-hybridized carbons (Fsp3) is 0.467. The van der Waals surface area contributed by atoms with E-state index in [0.29, 0.717) is 5.56 Å². The topological polar surface area (TPSA) is 44.1 Å². The van der Waals surface area contributed by atoms with E-state index in [-0.39, 0.29) is 5.91 Å². The zero-order valence-corrected chi connectivity index (χ0v) is 13.2. The van der Waals surface area contributed by atoms with Crippen LogP contribution in [0.1, 0.15) is 42.5 Å². The number of carbonyl (C=O) groups is 1. The second kappa shape index (κ2) is 5.91. The van der Waals surface area contributed by atoms with Crippen LogP contribution in [-0.4, -0.2) is 23.4 Å². The van der Waals surface area contributed by atoms with E-state index in [1.165, 1.54) is 0 Å². The monoisotopic (exact) mass is 368 g/mol. The maximum Gasteiger partial charge on any atom is 0.255 e. The second-order valence-corrected chi connectivity index (χ2v) is 6.21. The smallest absolute Gasteiger partial charge is 0.255 e. The SMILES string of the molecule is CN(C(=O)c1ccccc1I)C1(C#N)CCCCC1. The fourth-order valence-electron chi connectivity index (χ4n) is 2.67. The Bertz CT molecular complexity index is 515. The number of amides is 1. The molecule has 0 aliphatic heterocycles. The molecule has 0 unspecified atom stereocenters. The van der Waals surface area contributed by atoms with E-state index in [1.54, 1.807) is 11.9 Å². The van der Waals surface area contributed by atoms with Crippen molar-refractivity contribution in [3.8, 4) is 6.07 Å². The molecule has 1 fully saturated rings. The fourth-order valence-corrected chi connectivity index (χ4v) is 3.29. The molecular formula is C15H17IN2O. The highest BCUT2D eigenvalue weighted by Crippen LogP contribution is 2.33. The molecule has 0 heterocycles. The van der Waals surface area contributed by atoms with Crippen LogP contribution in [0.3, 0.4) is 0 Å². The molecule has 2 rings (SSSR count). The molecule has 1 aromatic carbocycles. The summed E-state index contributed by atoms with van der Waals surface area (Å²) in [5, 5.41) is 9.53. The zero-order chi connectivity index (χ0) is 13.9. The third-order valence-electron chi connectivity index (χ3n) is 3.94. The van der Waals surface area contributed by atoms with Gasteiger partial charge in [0.15, 0.2) is 0 Å². The lowest BCUT2D eigenvalue weighted by molar-refractivity contribution is 0.0588. The molecule has 0 N–H and O–H groups in total. The van der Waals surface area contributed by atoms with Gasteiger partial charge in [-0.05, 0) is 47.6 Å². The molecule has 0 aromatic heterocycles. The Balaban J connectivity index is 2.28. The van der Waals surface area contributed by atoms with Gasteiger partial charge in [-0.1, -0.05) is 31.4 Å². The minimum atomic E-state index is -0.617. The molecule has 1 aromatic rings. The van der Waals surface area contributed by atoms with Gasteiger partial charge in [-0.15, -0.1) is 0 Å². The highest BCUT2D eigenvalue weighted by atomic mass is 127. The van der Waals surface area contributed by atoms with Crippen molar-refractivity contribution >= 4 is 28.5 Å². The van der Waals surface area contributed by atoms with Crippen molar-refractivity contribution in [1.82, 2.24) is 4.90 Å². The average Bonchev–Trinajstić information content (AvgIpc) is 2.47. The lowest BCUT2D eigenvalue weighted by Crippen LogP contribution is -2.50. The van der Waals surface area contributed by atoms with Gasteiger partial charge in [-0.25, -0.2) is 0 Å². The highest BCUT2D eigenvalue weighted by Gasteiger charge is 2.39. The standard InChI is InChI=1S/C15H17IN2O/c1-18(15(11-17)9-5-2-6-10-15)14(19)12-7-3-4-8-13(12)16/h3-4,7-8H,2,5-6,9-10H2,1H3. The quantitative estimate of drug-likeness (QED) is 0.749. The number of hydrogen-bond donors (Lipinski definition) is 0. The van der Waals surface area contributed by atoms with E-state index < -0.39 is 5.54 Å². The lowest BCUT2D eigenvalue weighted by Gasteiger charge is -2.39. The van der Waals surface area contributed by atoms with Crippen LogP contribution in [0.25, 0.3) is 0 Å². The summed E-state index contributed by atoms with van der Waals surface area (Å²) in [6.07, 6.45) is 4.78. The minimum Gasteiger partial charge on any atom is -0.323 e. The molecule has 0 atom stereocenters. The number of carbonyl (C=O) groups excluding carboxylic acids is 1. The van der Waals surface area contributed by atoms with E-state index in [0.717, 1.165) is 35.7 Å². The van der Waals surface area contributed by atoms with Crippen molar-refractivity contribution in [2.24, 2.45) is 0 Å². The summed E-state index contributed by atoms with van der Waals surface area (Å²) < 4.78 is 0.931. The van der Waals surface area contributed by atoms with Crippen LogP contribution in [0, 0.1) is 14.9 Å². The number of nitrogens with zero attached hydrogens (tertiary/aromatic N) is 2. The van der Waals surface area contributed by atoms with Crippen molar-refractivity contribution in [3.63, 3.8) is 0 Å². The van der Waals surface area contributed by atoms with Gasteiger partial charge in [0.25, 0.3) is 5.91 Å². The highest BCUT2D eigenvalue weighted by molar-refractivity contribution is 14.1. The molecule has 1 aliphatic carbocycles. The number of nitriles is 1. The maximum absolute atomic E-state index is 12.6. The van der Waals surface area contributed by atoms with Crippen LogP contribution in [0.15, 0.2) is 24.3 Å². The number of halogens is 1. The van der Waals surface area contributed by atoms with Gasteiger partial charge >= 0.3 is 0 Å². The first kappa shape index (κ1) is 14.3. The van der Waals surface area contributed by atoms with Gasteiger partial charge in [0.1, 0.15) is 5.54 Å². The number of hydrogen-bond acceptors (Lipinski definition) is 2. The van der Waals surface area contributed by atoms with Gasteiger partial charge in [0.05, 0.1) is 11.6 Å². The van der Waals surface area contributed by atoms with E-state index >= 15 is 0 Å².